The van der Waals surface area contributed by atoms with Gasteiger partial charge < -0.3 is 10.8 Å². The van der Waals surface area contributed by atoms with Gasteiger partial charge in [0.1, 0.15) is 5.78 Å². The summed E-state index contributed by atoms with van der Waals surface area (Å²) in [6.07, 6.45) is 0.797. The number of hydrogen-bond acceptors (Lipinski definition) is 3. The van der Waals surface area contributed by atoms with Crippen LogP contribution in [0.1, 0.15) is 33.6 Å². The van der Waals surface area contributed by atoms with Gasteiger partial charge in [0, 0.05) is 6.42 Å². The number of carboxylic acid groups (broad SMARTS) is 1. The van der Waals surface area contributed by atoms with E-state index in [0.29, 0.717) is 0 Å². The number of carboxylic acids is 1. The first-order chi connectivity index (χ1) is 6.40. The third kappa shape index (κ3) is 3.87. The fourth-order valence-electron chi connectivity index (χ4n) is 1.22. The van der Waals surface area contributed by atoms with E-state index in [2.05, 4.69) is 0 Å². The van der Waals surface area contributed by atoms with E-state index in [0.717, 1.165) is 6.42 Å². The minimum Gasteiger partial charge on any atom is -0.481 e. The molecule has 0 saturated carbocycles. The molecule has 4 heteroatoms. The Balaban J connectivity index is 4.38. The van der Waals surface area contributed by atoms with Crippen molar-refractivity contribution in [1.29, 1.82) is 0 Å². The lowest BCUT2D eigenvalue weighted by atomic mass is 9.86. The molecule has 0 aliphatic carbocycles. The second-order valence-electron chi connectivity index (χ2n) is 3.79. The van der Waals surface area contributed by atoms with E-state index in [1.54, 1.807) is 6.92 Å². The molecule has 0 aliphatic heterocycles. The number of rotatable bonds is 6. The molecule has 0 rings (SSSR count). The van der Waals surface area contributed by atoms with Crippen molar-refractivity contribution in [3.8, 4) is 0 Å². The summed E-state index contributed by atoms with van der Waals surface area (Å²) in [7, 11) is 0. The molecule has 82 valence electrons. The zero-order valence-electron chi connectivity index (χ0n) is 8.99. The fourth-order valence-corrected chi connectivity index (χ4v) is 1.22. The molecule has 0 spiro atoms. The molecule has 0 amide bonds. The largest absolute Gasteiger partial charge is 0.481 e. The SMILES string of the molecule is CCC(C)C(CC(=O)C(C)N)C(=O)O. The van der Waals surface area contributed by atoms with E-state index < -0.39 is 17.9 Å². The number of Topliss-reactive ketones (excluding diaryl/α,β-unsaturated/α-hetero) is 1. The van der Waals surface area contributed by atoms with Crippen molar-refractivity contribution in [2.45, 2.75) is 39.7 Å². The second-order valence-corrected chi connectivity index (χ2v) is 3.79. The van der Waals surface area contributed by atoms with Gasteiger partial charge >= 0.3 is 5.97 Å². The van der Waals surface area contributed by atoms with Gasteiger partial charge in [0.15, 0.2) is 0 Å². The van der Waals surface area contributed by atoms with Crippen molar-refractivity contribution in [1.82, 2.24) is 0 Å². The molecule has 0 aromatic heterocycles. The Morgan fingerprint density at radius 2 is 1.86 bits per heavy atom. The van der Waals surface area contributed by atoms with E-state index in [-0.39, 0.29) is 18.1 Å². The number of aliphatic carboxylic acids is 1. The van der Waals surface area contributed by atoms with Gasteiger partial charge in [0.2, 0.25) is 0 Å². The van der Waals surface area contributed by atoms with Crippen LogP contribution in [-0.4, -0.2) is 22.9 Å². The first-order valence-corrected chi connectivity index (χ1v) is 4.91. The van der Waals surface area contributed by atoms with Crippen LogP contribution in [0.5, 0.6) is 0 Å². The third-order valence-electron chi connectivity index (χ3n) is 2.58. The number of carbonyl (C=O) groups is 2. The summed E-state index contributed by atoms with van der Waals surface area (Å²) < 4.78 is 0. The first-order valence-electron chi connectivity index (χ1n) is 4.91. The van der Waals surface area contributed by atoms with Crippen LogP contribution in [0.15, 0.2) is 0 Å². The van der Waals surface area contributed by atoms with Crippen LogP contribution >= 0.6 is 0 Å². The first kappa shape index (κ1) is 13.1. The minimum absolute atomic E-state index is 0.00944. The highest BCUT2D eigenvalue weighted by Crippen LogP contribution is 2.19. The average molecular weight is 201 g/mol. The minimum atomic E-state index is -0.909. The van der Waals surface area contributed by atoms with Crippen molar-refractivity contribution in [3.63, 3.8) is 0 Å². The molecule has 0 fully saturated rings. The summed E-state index contributed by atoms with van der Waals surface area (Å²) in [5, 5.41) is 8.91. The van der Waals surface area contributed by atoms with Gasteiger partial charge in [-0.1, -0.05) is 20.3 Å². The monoisotopic (exact) mass is 201 g/mol. The van der Waals surface area contributed by atoms with Gasteiger partial charge in [-0.3, -0.25) is 9.59 Å². The highest BCUT2D eigenvalue weighted by Gasteiger charge is 2.27. The lowest BCUT2D eigenvalue weighted by Gasteiger charge is -2.18. The second kappa shape index (κ2) is 5.75. The highest BCUT2D eigenvalue weighted by atomic mass is 16.4. The molecular weight excluding hydrogens is 182 g/mol. The third-order valence-corrected chi connectivity index (χ3v) is 2.58. The van der Waals surface area contributed by atoms with Crippen LogP contribution in [0.2, 0.25) is 0 Å². The highest BCUT2D eigenvalue weighted by molar-refractivity contribution is 5.87. The molecule has 0 radical (unpaired) electrons. The summed E-state index contributed by atoms with van der Waals surface area (Å²) >= 11 is 0. The van der Waals surface area contributed by atoms with Crippen molar-refractivity contribution in [3.05, 3.63) is 0 Å². The molecule has 3 unspecified atom stereocenters. The standard InChI is InChI=1S/C10H19NO3/c1-4-6(2)8(10(13)14)5-9(12)7(3)11/h6-8H,4-5,11H2,1-3H3,(H,13,14). The Kier molecular flexibility index (Phi) is 5.38. The summed E-state index contributed by atoms with van der Waals surface area (Å²) in [4.78, 5) is 22.2. The van der Waals surface area contributed by atoms with Gasteiger partial charge in [0.25, 0.3) is 0 Å². The van der Waals surface area contributed by atoms with Crippen molar-refractivity contribution in [2.24, 2.45) is 17.6 Å². The van der Waals surface area contributed by atoms with Crippen LogP contribution in [-0.2, 0) is 9.59 Å². The van der Waals surface area contributed by atoms with E-state index in [1.165, 1.54) is 0 Å². The predicted molar refractivity (Wildman–Crippen MR) is 53.9 cm³/mol. The van der Waals surface area contributed by atoms with Crippen LogP contribution in [0, 0.1) is 11.8 Å². The quantitative estimate of drug-likeness (QED) is 0.672. The molecule has 0 heterocycles. The molecule has 4 nitrogen and oxygen atoms in total. The van der Waals surface area contributed by atoms with E-state index >= 15 is 0 Å². The Labute approximate surface area is 84.5 Å². The Bertz CT molecular complexity index is 213. The average Bonchev–Trinajstić information content (AvgIpc) is 2.11. The summed E-state index contributed by atoms with van der Waals surface area (Å²) in [6, 6.07) is -0.569. The Hall–Kier alpha value is -0.900. The zero-order chi connectivity index (χ0) is 11.3. The van der Waals surface area contributed by atoms with Gasteiger partial charge in [0.05, 0.1) is 12.0 Å². The molecule has 0 aromatic carbocycles. The topological polar surface area (TPSA) is 80.4 Å². The maximum Gasteiger partial charge on any atom is 0.307 e. The maximum atomic E-state index is 11.3. The zero-order valence-corrected chi connectivity index (χ0v) is 8.99. The molecule has 3 N–H and O–H groups in total. The Morgan fingerprint density at radius 3 is 2.14 bits per heavy atom. The molecule has 0 aliphatic rings. The van der Waals surface area contributed by atoms with Gasteiger partial charge in [-0.2, -0.15) is 0 Å². The van der Waals surface area contributed by atoms with E-state index in [4.69, 9.17) is 10.8 Å². The molecular formula is C10H19NO3. The van der Waals surface area contributed by atoms with Crippen molar-refractivity contribution in [2.75, 3.05) is 0 Å². The normalized spacial score (nSPS) is 17.1. The molecule has 14 heavy (non-hydrogen) atoms. The van der Waals surface area contributed by atoms with Crippen molar-refractivity contribution >= 4 is 11.8 Å². The number of ketones is 1. The fraction of sp³-hybridized carbons (Fsp3) is 0.800. The van der Waals surface area contributed by atoms with Crippen molar-refractivity contribution < 1.29 is 14.7 Å². The molecule has 0 saturated heterocycles. The lowest BCUT2D eigenvalue weighted by Crippen LogP contribution is -2.32. The number of hydrogen-bond donors (Lipinski definition) is 2. The lowest BCUT2D eigenvalue weighted by molar-refractivity contribution is -0.145. The van der Waals surface area contributed by atoms with Gasteiger partial charge in [-0.05, 0) is 12.8 Å². The van der Waals surface area contributed by atoms with Crippen LogP contribution in [0.3, 0.4) is 0 Å². The van der Waals surface area contributed by atoms with Crippen LogP contribution in [0.25, 0.3) is 0 Å². The summed E-state index contributed by atoms with van der Waals surface area (Å²) in [6.45, 7) is 5.34. The predicted octanol–water partition coefficient (Wildman–Crippen LogP) is 1.04. The van der Waals surface area contributed by atoms with Gasteiger partial charge in [-0.15, -0.1) is 0 Å². The van der Waals surface area contributed by atoms with Crippen LogP contribution < -0.4 is 5.73 Å². The maximum absolute atomic E-state index is 11.3. The van der Waals surface area contributed by atoms with Crippen LogP contribution in [0.4, 0.5) is 0 Å². The Morgan fingerprint density at radius 1 is 1.36 bits per heavy atom. The molecule has 0 bridgehead atoms. The summed E-state index contributed by atoms with van der Waals surface area (Å²) in [5.74, 6) is -1.68. The molecule has 3 atom stereocenters. The summed E-state index contributed by atoms with van der Waals surface area (Å²) in [5.41, 5.74) is 5.38. The van der Waals surface area contributed by atoms with E-state index in [9.17, 15) is 9.59 Å². The molecule has 0 aromatic rings. The number of nitrogens with two attached hydrogens (primary N) is 1. The van der Waals surface area contributed by atoms with Gasteiger partial charge in [-0.25, -0.2) is 0 Å². The van der Waals surface area contributed by atoms with E-state index in [1.807, 2.05) is 13.8 Å². The smallest absolute Gasteiger partial charge is 0.307 e. The number of carbonyl (C=O) groups excluding carboxylic acids is 1.